The summed E-state index contributed by atoms with van der Waals surface area (Å²) in [7, 11) is 0. The van der Waals surface area contributed by atoms with E-state index in [4.69, 9.17) is 5.73 Å². The molecule has 2 aliphatic heterocycles. The van der Waals surface area contributed by atoms with Gasteiger partial charge in [-0.2, -0.15) is 0 Å². The van der Waals surface area contributed by atoms with E-state index < -0.39 is 139 Å². The van der Waals surface area contributed by atoms with Crippen LogP contribution >= 0.6 is 0 Å². The van der Waals surface area contributed by atoms with Crippen LogP contribution in [0.4, 0.5) is 0 Å². The van der Waals surface area contributed by atoms with E-state index >= 15 is 0 Å². The summed E-state index contributed by atoms with van der Waals surface area (Å²) in [5.41, 5.74) is 5.71. The van der Waals surface area contributed by atoms with Crippen molar-refractivity contribution in [3.8, 4) is 0 Å². The molecule has 61 heavy (non-hydrogen) atoms. The van der Waals surface area contributed by atoms with Gasteiger partial charge in [0.25, 0.3) is 0 Å². The number of carboxylic acids is 2. The van der Waals surface area contributed by atoms with Crippen molar-refractivity contribution in [3.05, 3.63) is 0 Å². The maximum Gasteiger partial charge on any atom is 0.325 e. The van der Waals surface area contributed by atoms with Gasteiger partial charge in [-0.15, -0.1) is 0 Å². The van der Waals surface area contributed by atoms with Crippen LogP contribution in [0, 0.1) is 5.92 Å². The average molecular weight is 870 g/mol. The third kappa shape index (κ3) is 15.2. The lowest BCUT2D eigenvalue weighted by atomic mass is 10.0. The Kier molecular flexibility index (Phi) is 20.0. The highest BCUT2D eigenvalue weighted by molar-refractivity contribution is 5.98. The molecule has 2 saturated heterocycles. The van der Waals surface area contributed by atoms with E-state index in [0.717, 1.165) is 11.8 Å². The van der Waals surface area contributed by atoms with Gasteiger partial charge < -0.3 is 67.9 Å². The summed E-state index contributed by atoms with van der Waals surface area (Å²) >= 11 is 0. The molecule has 2 aliphatic rings. The van der Waals surface area contributed by atoms with Crippen LogP contribution in [0.25, 0.3) is 0 Å². The van der Waals surface area contributed by atoms with Crippen molar-refractivity contribution in [2.24, 2.45) is 11.7 Å². The molecule has 2 rings (SSSR count). The van der Waals surface area contributed by atoms with Gasteiger partial charge >= 0.3 is 11.9 Å². The minimum atomic E-state index is -1.72. The number of carbonyl (C=O) groups excluding carboxylic acids is 8. The Morgan fingerprint density at radius 3 is 1.57 bits per heavy atom. The number of carboxylic acid groups (broad SMARTS) is 2. The smallest absolute Gasteiger partial charge is 0.325 e. The van der Waals surface area contributed by atoms with E-state index in [2.05, 4.69) is 31.9 Å². The molecule has 0 spiro atoms. The summed E-state index contributed by atoms with van der Waals surface area (Å²) in [5.74, 6) is -9.09. The zero-order chi connectivity index (χ0) is 46.5. The quantitative estimate of drug-likeness (QED) is 0.0494. The van der Waals surface area contributed by atoms with Crippen LogP contribution < -0.4 is 37.6 Å². The lowest BCUT2D eigenvalue weighted by Crippen LogP contribution is -2.61. The number of hydrogen-bond acceptors (Lipinski definition) is 13. The van der Waals surface area contributed by atoms with E-state index in [1.54, 1.807) is 0 Å². The molecular weight excluding hydrogens is 806 g/mol. The SMILES string of the molecule is CC(C)C[C@H](NC(=O)[C@@H](N)[C@@H](C)O)C(=O)N[C@@H](C)C(=O)N1CCC[C@H]1C(=O)N[C@@H](C)C(=O)N[C@H](C(=O)N[C@@H](CCC(=O)O)C(=O)N1CCC[C@H]1C(=O)N[C@@H](C)C(=O)O)[C@@H](C)O. The number of likely N-dealkylation sites (tertiary alicyclic amines) is 2. The zero-order valence-corrected chi connectivity index (χ0v) is 35.6. The predicted molar refractivity (Wildman–Crippen MR) is 213 cm³/mol. The summed E-state index contributed by atoms with van der Waals surface area (Å²) in [6.45, 7) is 10.2. The van der Waals surface area contributed by atoms with Gasteiger partial charge in [0.1, 0.15) is 54.4 Å². The number of nitrogens with zero attached hydrogens (tertiary/aromatic N) is 2. The molecule has 0 bridgehead atoms. The third-order valence-electron chi connectivity index (χ3n) is 10.4. The molecule has 0 aliphatic carbocycles. The second-order valence-electron chi connectivity index (χ2n) is 16.1. The number of nitrogens with one attached hydrogen (secondary N) is 6. The van der Waals surface area contributed by atoms with Crippen molar-refractivity contribution in [2.75, 3.05) is 13.1 Å². The number of aliphatic hydroxyl groups is 2. The number of aliphatic carboxylic acids is 2. The zero-order valence-electron chi connectivity index (χ0n) is 35.6. The third-order valence-corrected chi connectivity index (χ3v) is 10.4. The Morgan fingerprint density at radius 2 is 1.10 bits per heavy atom. The summed E-state index contributed by atoms with van der Waals surface area (Å²) in [5, 5.41) is 53.2. The molecule has 23 nitrogen and oxygen atoms in total. The molecule has 23 heteroatoms. The number of rotatable bonds is 22. The maximum absolute atomic E-state index is 13.7. The van der Waals surface area contributed by atoms with E-state index in [0.29, 0.717) is 12.8 Å². The fraction of sp³-hybridized carbons (Fsp3) is 0.737. The number of nitrogens with two attached hydrogens (primary N) is 1. The average Bonchev–Trinajstić information content (AvgIpc) is 3.87. The molecule has 0 aromatic rings. The van der Waals surface area contributed by atoms with E-state index in [1.165, 1.54) is 32.6 Å². The van der Waals surface area contributed by atoms with Crippen molar-refractivity contribution in [1.82, 2.24) is 41.7 Å². The first kappa shape index (κ1) is 51.7. The molecule has 11 atom stereocenters. The summed E-state index contributed by atoms with van der Waals surface area (Å²) in [6, 6.07) is -11.5. The maximum atomic E-state index is 13.7. The minimum absolute atomic E-state index is 0.0444. The van der Waals surface area contributed by atoms with Crippen molar-refractivity contribution < 1.29 is 68.4 Å². The summed E-state index contributed by atoms with van der Waals surface area (Å²) in [4.78, 5) is 131. The van der Waals surface area contributed by atoms with Crippen LogP contribution in [0.1, 0.15) is 93.4 Å². The van der Waals surface area contributed by atoms with E-state index in [1.807, 2.05) is 13.8 Å². The predicted octanol–water partition coefficient (Wildman–Crippen LogP) is -3.98. The standard InChI is InChI=1S/C38H63N9O14/c1-17(2)16-24(44-34(56)28(39)21(6)48)31(53)41-19(4)36(58)46-14-8-10-25(46)32(54)40-18(3)30(52)45-29(22(7)49)35(57)43-23(12-13-27(50)51)37(59)47-15-9-11-26(47)33(55)42-20(5)38(60)61/h17-26,28-29,48-49H,8-16,39H2,1-7H3,(H,40,54)(H,41,53)(H,42,55)(H,43,57)(H,44,56)(H,45,52)(H,50,51)(H,60,61)/t18-,19-,20-,21+,22+,23-,24-,25-,26-,28-,29-/m0/s1. The highest BCUT2D eigenvalue weighted by Gasteiger charge is 2.41. The van der Waals surface area contributed by atoms with Crippen molar-refractivity contribution in [1.29, 1.82) is 0 Å². The first-order valence-corrected chi connectivity index (χ1v) is 20.4. The molecule has 2 fully saturated rings. The topological polar surface area (TPSA) is 356 Å². The molecule has 2 heterocycles. The second-order valence-corrected chi connectivity index (χ2v) is 16.1. The van der Waals surface area contributed by atoms with Crippen LogP contribution in [0.15, 0.2) is 0 Å². The van der Waals surface area contributed by atoms with Crippen LogP contribution in [-0.4, -0.2) is 169 Å². The number of aliphatic hydroxyl groups excluding tert-OH is 2. The molecule has 0 saturated carbocycles. The van der Waals surface area contributed by atoms with Gasteiger partial charge in [0.05, 0.1) is 12.2 Å². The molecule has 8 amide bonds. The molecule has 0 aromatic carbocycles. The molecule has 12 N–H and O–H groups in total. The Bertz CT molecular complexity index is 1640. The lowest BCUT2D eigenvalue weighted by molar-refractivity contribution is -0.145. The fourth-order valence-electron chi connectivity index (χ4n) is 6.84. The lowest BCUT2D eigenvalue weighted by Gasteiger charge is -2.31. The van der Waals surface area contributed by atoms with Crippen molar-refractivity contribution in [3.63, 3.8) is 0 Å². The first-order chi connectivity index (χ1) is 28.4. The van der Waals surface area contributed by atoms with Crippen molar-refractivity contribution in [2.45, 2.75) is 160 Å². The number of carbonyl (C=O) groups is 10. The fourth-order valence-corrected chi connectivity index (χ4v) is 6.84. The van der Waals surface area contributed by atoms with Crippen LogP contribution in [0.3, 0.4) is 0 Å². The van der Waals surface area contributed by atoms with Gasteiger partial charge in [-0.1, -0.05) is 13.8 Å². The molecule has 0 aromatic heterocycles. The summed E-state index contributed by atoms with van der Waals surface area (Å²) < 4.78 is 0. The second kappa shape index (κ2) is 23.5. The van der Waals surface area contributed by atoms with E-state index in [9.17, 15) is 68.4 Å². The monoisotopic (exact) mass is 869 g/mol. The number of hydrogen-bond donors (Lipinski definition) is 11. The van der Waals surface area contributed by atoms with E-state index in [-0.39, 0.29) is 38.3 Å². The molecule has 0 unspecified atom stereocenters. The normalized spacial score (nSPS) is 20.7. The van der Waals surface area contributed by atoms with Gasteiger partial charge in [0.15, 0.2) is 0 Å². The molecular formula is C38H63N9O14. The Hall–Kier alpha value is -5.42. The Morgan fingerprint density at radius 1 is 0.590 bits per heavy atom. The van der Waals surface area contributed by atoms with Crippen LogP contribution in [-0.2, 0) is 47.9 Å². The minimum Gasteiger partial charge on any atom is -0.481 e. The van der Waals surface area contributed by atoms with Gasteiger partial charge in [-0.25, -0.2) is 0 Å². The largest absolute Gasteiger partial charge is 0.481 e. The highest BCUT2D eigenvalue weighted by atomic mass is 16.4. The van der Waals surface area contributed by atoms with Crippen molar-refractivity contribution >= 4 is 59.2 Å². The van der Waals surface area contributed by atoms with Gasteiger partial charge in [-0.05, 0) is 79.1 Å². The van der Waals surface area contributed by atoms with Gasteiger partial charge in [0, 0.05) is 19.5 Å². The molecule has 344 valence electrons. The number of amides is 8. The first-order valence-electron chi connectivity index (χ1n) is 20.4. The molecule has 0 radical (unpaired) electrons. The summed E-state index contributed by atoms with van der Waals surface area (Å²) in [6.07, 6.45) is -2.45. The van der Waals surface area contributed by atoms with Gasteiger partial charge in [0.2, 0.25) is 47.3 Å². The van der Waals surface area contributed by atoms with Crippen LogP contribution in [0.5, 0.6) is 0 Å². The van der Waals surface area contributed by atoms with Gasteiger partial charge in [-0.3, -0.25) is 47.9 Å². The Balaban J connectivity index is 2.12. The van der Waals surface area contributed by atoms with Crippen LogP contribution in [0.2, 0.25) is 0 Å². The Labute approximate surface area is 353 Å². The highest BCUT2D eigenvalue weighted by Crippen LogP contribution is 2.21.